The van der Waals surface area contributed by atoms with Gasteiger partial charge in [-0.2, -0.15) is 13.2 Å². The van der Waals surface area contributed by atoms with E-state index in [9.17, 15) is 32.5 Å². The monoisotopic (exact) mass is 339 g/mol. The van der Waals surface area contributed by atoms with Crippen LogP contribution in [0.25, 0.3) is 0 Å². The first-order chi connectivity index (χ1) is 10.6. The van der Waals surface area contributed by atoms with E-state index in [2.05, 4.69) is 10.1 Å². The third-order valence-corrected chi connectivity index (χ3v) is 2.58. The van der Waals surface area contributed by atoms with E-state index >= 15 is 0 Å². The Kier molecular flexibility index (Phi) is 6.25. The van der Waals surface area contributed by atoms with Gasteiger partial charge >= 0.3 is 6.18 Å². The van der Waals surface area contributed by atoms with Gasteiger partial charge in [-0.1, -0.05) is 0 Å². The Hall–Kier alpha value is -2.43. The van der Waals surface area contributed by atoms with Crippen LogP contribution in [0.4, 0.5) is 28.9 Å². The third kappa shape index (κ3) is 6.06. The molecular formula is C12H13F4N3O4. The second-order valence-corrected chi connectivity index (χ2v) is 4.42. The number of carbonyl (C=O) groups is 1. The lowest BCUT2D eigenvalue weighted by molar-refractivity contribution is -0.384. The highest BCUT2D eigenvalue weighted by atomic mass is 19.4. The molecule has 1 aromatic carbocycles. The zero-order valence-electron chi connectivity index (χ0n) is 11.7. The smallest absolute Gasteiger partial charge is 0.393 e. The highest BCUT2D eigenvalue weighted by Crippen LogP contribution is 2.26. The summed E-state index contributed by atoms with van der Waals surface area (Å²) < 4.78 is 53.0. The summed E-state index contributed by atoms with van der Waals surface area (Å²) in [5.74, 6) is -1.88. The average molecular weight is 339 g/mol. The lowest BCUT2D eigenvalue weighted by atomic mass is 10.1. The van der Waals surface area contributed by atoms with E-state index < -0.39 is 46.4 Å². The number of halogens is 4. The minimum absolute atomic E-state index is 0.0686. The van der Waals surface area contributed by atoms with Crippen LogP contribution in [-0.4, -0.2) is 36.8 Å². The maximum absolute atomic E-state index is 13.3. The molecule has 0 fully saturated rings. The zero-order chi connectivity index (χ0) is 17.6. The molecule has 0 heterocycles. The molecular weight excluding hydrogens is 326 g/mol. The Morgan fingerprint density at radius 2 is 2.04 bits per heavy atom. The molecule has 0 bridgehead atoms. The minimum atomic E-state index is -4.43. The molecule has 0 atom stereocenters. The molecule has 0 saturated carbocycles. The van der Waals surface area contributed by atoms with Crippen molar-refractivity contribution >= 4 is 17.3 Å². The van der Waals surface area contributed by atoms with Gasteiger partial charge in [0.2, 0.25) is 0 Å². The maximum Gasteiger partial charge on any atom is 0.411 e. The number of hydrogen-bond donors (Lipinski definition) is 2. The van der Waals surface area contributed by atoms with Gasteiger partial charge in [0.05, 0.1) is 16.6 Å². The number of amides is 1. The second kappa shape index (κ2) is 7.72. The Morgan fingerprint density at radius 1 is 1.39 bits per heavy atom. The number of nitrogen functional groups attached to an aromatic ring is 1. The normalized spacial score (nSPS) is 11.3. The molecule has 1 amide bonds. The third-order valence-electron chi connectivity index (χ3n) is 2.58. The van der Waals surface area contributed by atoms with Crippen LogP contribution in [0.2, 0.25) is 0 Å². The predicted molar refractivity (Wildman–Crippen MR) is 71.3 cm³/mol. The number of anilines is 1. The van der Waals surface area contributed by atoms with Crippen LogP contribution in [0.15, 0.2) is 12.1 Å². The standard InChI is InChI=1S/C12H13F4N3O4/c13-7-4-8(10(17)9(5-7)19(21)22)11(20)18-2-1-3-23-6-12(14,15)16/h4-5H,1-3,6,17H2,(H,18,20). The molecule has 23 heavy (non-hydrogen) atoms. The average Bonchev–Trinajstić information content (AvgIpc) is 2.43. The summed E-state index contributed by atoms with van der Waals surface area (Å²) in [6.45, 7) is -1.72. The molecule has 0 saturated heterocycles. The van der Waals surface area contributed by atoms with E-state index in [4.69, 9.17) is 5.73 Å². The summed E-state index contributed by atoms with van der Waals surface area (Å²) >= 11 is 0. The van der Waals surface area contributed by atoms with E-state index in [1.165, 1.54) is 0 Å². The van der Waals surface area contributed by atoms with Crippen LogP contribution in [-0.2, 0) is 4.74 Å². The zero-order valence-corrected chi connectivity index (χ0v) is 11.7. The molecule has 0 radical (unpaired) electrons. The van der Waals surface area contributed by atoms with Crippen molar-refractivity contribution in [1.82, 2.24) is 5.32 Å². The highest BCUT2D eigenvalue weighted by Gasteiger charge is 2.27. The van der Waals surface area contributed by atoms with Crippen LogP contribution in [0, 0.1) is 15.9 Å². The molecule has 3 N–H and O–H groups in total. The van der Waals surface area contributed by atoms with Gasteiger partial charge in [0.1, 0.15) is 18.1 Å². The van der Waals surface area contributed by atoms with Crippen molar-refractivity contribution in [2.24, 2.45) is 0 Å². The van der Waals surface area contributed by atoms with Gasteiger partial charge in [0.15, 0.2) is 0 Å². The number of hydrogen-bond acceptors (Lipinski definition) is 5. The summed E-state index contributed by atoms with van der Waals surface area (Å²) in [5, 5.41) is 12.9. The van der Waals surface area contributed by atoms with Crippen molar-refractivity contribution in [3.63, 3.8) is 0 Å². The minimum Gasteiger partial charge on any atom is -0.393 e. The maximum atomic E-state index is 13.3. The molecule has 1 aromatic rings. The van der Waals surface area contributed by atoms with Gasteiger partial charge in [-0.25, -0.2) is 4.39 Å². The number of nitrogens with zero attached hydrogens (tertiary/aromatic N) is 1. The number of nitrogens with one attached hydrogen (secondary N) is 1. The molecule has 1 rings (SSSR count). The molecule has 0 aliphatic carbocycles. The number of alkyl halides is 3. The molecule has 128 valence electrons. The topological polar surface area (TPSA) is 107 Å². The summed E-state index contributed by atoms with van der Waals surface area (Å²) in [4.78, 5) is 21.5. The number of rotatable bonds is 7. The Morgan fingerprint density at radius 3 is 2.61 bits per heavy atom. The fourth-order valence-electron chi connectivity index (χ4n) is 1.60. The van der Waals surface area contributed by atoms with Gasteiger partial charge in [-0.15, -0.1) is 0 Å². The SMILES string of the molecule is Nc1c(C(=O)NCCCOCC(F)(F)F)cc(F)cc1[N+](=O)[O-]. The van der Waals surface area contributed by atoms with Gasteiger partial charge in [-0.05, 0) is 12.5 Å². The first kappa shape index (κ1) is 18.6. The van der Waals surface area contributed by atoms with Crippen molar-refractivity contribution in [2.75, 3.05) is 25.5 Å². The van der Waals surface area contributed by atoms with Crippen molar-refractivity contribution in [3.05, 3.63) is 33.6 Å². The van der Waals surface area contributed by atoms with Crippen molar-refractivity contribution in [2.45, 2.75) is 12.6 Å². The van der Waals surface area contributed by atoms with Gasteiger partial charge in [-0.3, -0.25) is 14.9 Å². The summed E-state index contributed by atoms with van der Waals surface area (Å²) in [5.41, 5.74) is 3.77. The Balaban J connectivity index is 2.54. The van der Waals surface area contributed by atoms with Crippen LogP contribution in [0.1, 0.15) is 16.8 Å². The summed E-state index contributed by atoms with van der Waals surface area (Å²) in [6, 6.07) is 1.31. The number of nitro benzene ring substituents is 1. The first-order valence-corrected chi connectivity index (χ1v) is 6.28. The van der Waals surface area contributed by atoms with Crippen LogP contribution >= 0.6 is 0 Å². The largest absolute Gasteiger partial charge is 0.411 e. The molecule has 0 aliphatic rings. The lowest BCUT2D eigenvalue weighted by Gasteiger charge is -2.09. The van der Waals surface area contributed by atoms with E-state index in [1.807, 2.05) is 0 Å². The number of ether oxygens (including phenoxy) is 1. The number of benzene rings is 1. The Labute approximate surface area is 127 Å². The molecule has 0 spiro atoms. The van der Waals surface area contributed by atoms with Crippen molar-refractivity contribution in [1.29, 1.82) is 0 Å². The number of nitro groups is 1. The molecule has 11 heteroatoms. The number of carbonyl (C=O) groups excluding carboxylic acids is 1. The van der Waals surface area contributed by atoms with E-state index in [1.54, 1.807) is 0 Å². The highest BCUT2D eigenvalue weighted by molar-refractivity contribution is 6.01. The van der Waals surface area contributed by atoms with E-state index in [0.29, 0.717) is 6.07 Å². The van der Waals surface area contributed by atoms with E-state index in [0.717, 1.165) is 6.07 Å². The van der Waals surface area contributed by atoms with E-state index in [-0.39, 0.29) is 19.6 Å². The van der Waals surface area contributed by atoms with Gasteiger partial charge < -0.3 is 15.8 Å². The van der Waals surface area contributed by atoms with Crippen LogP contribution in [0.5, 0.6) is 0 Å². The molecule has 7 nitrogen and oxygen atoms in total. The first-order valence-electron chi connectivity index (χ1n) is 6.28. The van der Waals surface area contributed by atoms with Crippen molar-refractivity contribution in [3.8, 4) is 0 Å². The summed E-state index contributed by atoms with van der Waals surface area (Å²) in [7, 11) is 0. The fourth-order valence-corrected chi connectivity index (χ4v) is 1.60. The second-order valence-electron chi connectivity index (χ2n) is 4.42. The molecule has 0 aromatic heterocycles. The predicted octanol–water partition coefficient (Wildman–Crippen LogP) is 2.01. The Bertz CT molecular complexity index is 592. The van der Waals surface area contributed by atoms with Crippen LogP contribution < -0.4 is 11.1 Å². The number of nitrogens with two attached hydrogens (primary N) is 1. The van der Waals surface area contributed by atoms with Gasteiger partial charge in [0.25, 0.3) is 11.6 Å². The van der Waals surface area contributed by atoms with Gasteiger partial charge in [0, 0.05) is 13.2 Å². The molecule has 0 aliphatic heterocycles. The van der Waals surface area contributed by atoms with Crippen LogP contribution in [0.3, 0.4) is 0 Å². The van der Waals surface area contributed by atoms with Crippen molar-refractivity contribution < 1.29 is 32.0 Å². The molecule has 0 unspecified atom stereocenters. The lowest BCUT2D eigenvalue weighted by Crippen LogP contribution is -2.27. The quantitative estimate of drug-likeness (QED) is 0.260. The fraction of sp³-hybridized carbons (Fsp3) is 0.417. The summed E-state index contributed by atoms with van der Waals surface area (Å²) in [6.07, 6.45) is -4.36.